The summed E-state index contributed by atoms with van der Waals surface area (Å²) in [7, 11) is 1.94. The van der Waals surface area contributed by atoms with Crippen LogP contribution in [0.4, 0.5) is 5.69 Å². The number of nitrogens with two attached hydrogens (primary N) is 1. The predicted octanol–water partition coefficient (Wildman–Crippen LogP) is 12.0. The number of phenolic OH excluding ortho intramolecular Hbond substituents is 1. The molecular formula is C65H93N3O6. The SMILES string of the molecule is CNCc1cc(O)cc(C2CC3(C4CCCC4)C4C(CC56CCCC7CCCCC7C(CC(O)C7OC7(C)C7CCCC7c7cccc(N)c7)C7=C(CCC35)C6(C)CC7=O)NCC(C)(O)CCCCC4(C)C2=O)c1. The Morgan fingerprint density at radius 3 is 2.41 bits per heavy atom. The lowest BCUT2D eigenvalue weighted by atomic mass is 9.30. The van der Waals surface area contributed by atoms with E-state index in [0.29, 0.717) is 79.4 Å². The Bertz CT molecular complexity index is 2520. The number of epoxide rings is 1. The van der Waals surface area contributed by atoms with Gasteiger partial charge in [-0.1, -0.05) is 102 Å². The second-order valence-corrected chi connectivity index (χ2v) is 28.1. The van der Waals surface area contributed by atoms with Gasteiger partial charge in [0.2, 0.25) is 0 Å². The third kappa shape index (κ3) is 8.12. The summed E-state index contributed by atoms with van der Waals surface area (Å²) in [4.78, 5) is 32.0. The molecule has 404 valence electrons. The van der Waals surface area contributed by atoms with E-state index in [1.807, 2.05) is 32.2 Å². The van der Waals surface area contributed by atoms with Crippen LogP contribution in [0.25, 0.3) is 0 Å². The van der Waals surface area contributed by atoms with Gasteiger partial charge in [-0.25, -0.2) is 0 Å². The van der Waals surface area contributed by atoms with Crippen molar-refractivity contribution in [3.8, 4) is 5.75 Å². The summed E-state index contributed by atoms with van der Waals surface area (Å²) in [5.41, 5.74) is 10.3. The highest BCUT2D eigenvalue weighted by molar-refractivity contribution is 6.01. The number of fused-ring (bicyclic) bond motifs is 2. The molecule has 9 nitrogen and oxygen atoms in total. The van der Waals surface area contributed by atoms with E-state index in [-0.39, 0.29) is 51.9 Å². The molecule has 6 saturated carbocycles. The van der Waals surface area contributed by atoms with Gasteiger partial charge in [-0.15, -0.1) is 0 Å². The molecule has 2 saturated heterocycles. The number of carbonyl (C=O) groups excluding carboxylic acids is 2. The molecule has 8 fully saturated rings. The lowest BCUT2D eigenvalue weighted by Gasteiger charge is -2.74. The highest BCUT2D eigenvalue weighted by Gasteiger charge is 2.76. The van der Waals surface area contributed by atoms with Crippen LogP contribution in [0.2, 0.25) is 0 Å². The number of ether oxygens (including phenoxy) is 1. The maximum Gasteiger partial charge on any atom is 0.160 e. The zero-order valence-electron chi connectivity index (χ0n) is 46.0. The van der Waals surface area contributed by atoms with E-state index in [4.69, 9.17) is 10.5 Å². The van der Waals surface area contributed by atoms with Crippen molar-refractivity contribution in [3.05, 3.63) is 70.3 Å². The average Bonchev–Trinajstić information content (AvgIpc) is 3.86. The minimum Gasteiger partial charge on any atom is -0.508 e. The van der Waals surface area contributed by atoms with Crippen molar-refractivity contribution >= 4 is 17.3 Å². The van der Waals surface area contributed by atoms with Crippen molar-refractivity contribution in [3.63, 3.8) is 0 Å². The van der Waals surface area contributed by atoms with Crippen molar-refractivity contribution in [2.45, 2.75) is 230 Å². The fraction of sp³-hybridized carbons (Fsp3) is 0.754. The van der Waals surface area contributed by atoms with Crippen LogP contribution in [-0.2, 0) is 20.9 Å². The second kappa shape index (κ2) is 19.1. The number of aromatic hydroxyl groups is 1. The van der Waals surface area contributed by atoms with Crippen LogP contribution in [0.1, 0.15) is 210 Å². The molecule has 8 aliphatic carbocycles. The van der Waals surface area contributed by atoms with Crippen LogP contribution in [0, 0.1) is 63.1 Å². The topological polar surface area (TPSA) is 157 Å². The van der Waals surface area contributed by atoms with Gasteiger partial charge in [0.05, 0.1) is 17.3 Å². The number of aliphatic hydroxyl groups is 2. The first-order valence-electron chi connectivity index (χ1n) is 30.4. The molecule has 2 aromatic carbocycles. The third-order valence-electron chi connectivity index (χ3n) is 24.3. The molecule has 10 aliphatic rings. The first-order valence-corrected chi connectivity index (χ1v) is 30.4. The third-order valence-corrected chi connectivity index (χ3v) is 24.3. The summed E-state index contributed by atoms with van der Waals surface area (Å²) in [5.74, 6) is 3.02. The van der Waals surface area contributed by atoms with Crippen LogP contribution in [0.5, 0.6) is 5.75 Å². The zero-order chi connectivity index (χ0) is 51.6. The zero-order valence-corrected chi connectivity index (χ0v) is 46.0. The first-order chi connectivity index (χ1) is 35.5. The Kier molecular flexibility index (Phi) is 13.3. The molecule has 2 aliphatic heterocycles. The van der Waals surface area contributed by atoms with E-state index in [9.17, 15) is 15.3 Å². The quantitative estimate of drug-likeness (QED) is 0.106. The summed E-state index contributed by atoms with van der Waals surface area (Å²) < 4.78 is 6.82. The highest BCUT2D eigenvalue weighted by Crippen LogP contribution is 2.79. The van der Waals surface area contributed by atoms with Gasteiger partial charge in [0.25, 0.3) is 0 Å². The number of nitrogen functional groups attached to an aromatic ring is 1. The van der Waals surface area contributed by atoms with Crippen molar-refractivity contribution in [2.24, 2.45) is 63.1 Å². The lowest BCUT2D eigenvalue weighted by molar-refractivity contribution is -0.230. The molecule has 74 heavy (non-hydrogen) atoms. The molecule has 2 aromatic rings. The number of Topliss-reactive ketones (excluding diaryl/α,β-unsaturated/α-hetero) is 2. The molecule has 9 heteroatoms. The molecule has 0 amide bonds. The Balaban J connectivity index is 0.982. The van der Waals surface area contributed by atoms with Crippen molar-refractivity contribution in [2.75, 3.05) is 19.3 Å². The van der Waals surface area contributed by atoms with Crippen LogP contribution in [-0.4, -0.2) is 69.9 Å². The monoisotopic (exact) mass is 1010 g/mol. The number of aliphatic hydroxyl groups excluding tert-OH is 1. The molecule has 12 rings (SSSR count). The fourth-order valence-corrected chi connectivity index (χ4v) is 21.4. The van der Waals surface area contributed by atoms with Crippen LogP contribution in [0.15, 0.2) is 53.6 Å². The van der Waals surface area contributed by atoms with Crippen LogP contribution >= 0.6 is 0 Å². The van der Waals surface area contributed by atoms with Gasteiger partial charge in [0.15, 0.2) is 5.78 Å². The number of ketones is 2. The van der Waals surface area contributed by atoms with E-state index < -0.39 is 22.7 Å². The number of hydrogen-bond donors (Lipinski definition) is 6. The number of anilines is 1. The Labute approximate surface area is 443 Å². The maximum atomic E-state index is 16.1. The molecule has 2 heterocycles. The van der Waals surface area contributed by atoms with E-state index in [1.54, 1.807) is 0 Å². The lowest BCUT2D eigenvalue weighted by Crippen LogP contribution is -2.73. The van der Waals surface area contributed by atoms with Crippen molar-refractivity contribution < 1.29 is 29.6 Å². The summed E-state index contributed by atoms with van der Waals surface area (Å²) in [6.07, 6.45) is 23.4. The smallest absolute Gasteiger partial charge is 0.160 e. The summed E-state index contributed by atoms with van der Waals surface area (Å²) >= 11 is 0. The molecule has 0 radical (unpaired) electrons. The minimum atomic E-state index is -0.862. The summed E-state index contributed by atoms with van der Waals surface area (Å²) in [6.45, 7) is 10.3. The normalized spacial score (nSPS) is 44.9. The van der Waals surface area contributed by atoms with Gasteiger partial charge < -0.3 is 36.4 Å². The van der Waals surface area contributed by atoms with Crippen LogP contribution < -0.4 is 16.4 Å². The van der Waals surface area contributed by atoms with Crippen LogP contribution in [0.3, 0.4) is 0 Å². The number of carbonyl (C=O) groups is 2. The average molecular weight is 1010 g/mol. The molecule has 4 bridgehead atoms. The van der Waals surface area contributed by atoms with E-state index in [0.717, 1.165) is 112 Å². The van der Waals surface area contributed by atoms with Crippen molar-refractivity contribution in [1.82, 2.24) is 10.6 Å². The second-order valence-electron chi connectivity index (χ2n) is 28.1. The standard InChI is InChI=1S/C65H93N3O6/c1-60(73)26-10-11-27-61(2)57-52(68-38-60)35-64-28-14-17-40-15-6-9-21-46(40)48(33-53(70)59-63(4,74-59)50-23-13-22-47(50)41-16-12-20-44(66)31-41)56-51(62(64,3)36-54(56)71)24-25-55(64)65(57,43-18-7-8-19-43)34-49(58(61)72)42-29-39(37-67-5)30-45(69)32-42/h12,16,20,29-32,40,43,46-50,52-53,55,57,59,67-70,73H,6-11,13-15,17-19,21-28,33-38,66H2,1-5H3. The number of benzene rings is 2. The molecule has 17 unspecified atom stereocenters. The van der Waals surface area contributed by atoms with Gasteiger partial charge in [-0.05, 0) is 209 Å². The van der Waals surface area contributed by atoms with E-state index >= 15 is 9.59 Å². The minimum absolute atomic E-state index is 0.00472. The van der Waals surface area contributed by atoms with Gasteiger partial charge in [0.1, 0.15) is 17.6 Å². The van der Waals surface area contributed by atoms with Gasteiger partial charge in [-0.2, -0.15) is 0 Å². The van der Waals surface area contributed by atoms with E-state index in [1.165, 1.54) is 56.1 Å². The molecule has 0 aromatic heterocycles. The molecule has 17 atom stereocenters. The van der Waals surface area contributed by atoms with Gasteiger partial charge in [0, 0.05) is 48.0 Å². The van der Waals surface area contributed by atoms with Crippen molar-refractivity contribution in [1.29, 1.82) is 0 Å². The number of phenols is 1. The number of rotatable bonds is 9. The largest absolute Gasteiger partial charge is 0.508 e. The fourth-order valence-electron chi connectivity index (χ4n) is 21.4. The number of allylic oxidation sites excluding steroid dienone is 2. The first kappa shape index (κ1) is 51.7. The summed E-state index contributed by atoms with van der Waals surface area (Å²) in [6, 6.07) is 14.4. The molecule has 7 N–H and O–H groups in total. The van der Waals surface area contributed by atoms with E-state index in [2.05, 4.69) is 55.7 Å². The molecular weight excluding hydrogens is 919 g/mol. The number of hydrogen-bond acceptors (Lipinski definition) is 9. The van der Waals surface area contributed by atoms with Gasteiger partial charge >= 0.3 is 0 Å². The number of β-amino-alcohol motifs (C(OH)–C–C–N with tert-alkyl or cyclic N) is 1. The Morgan fingerprint density at radius 1 is 0.838 bits per heavy atom. The Morgan fingerprint density at radius 2 is 1.61 bits per heavy atom. The number of nitrogens with one attached hydrogen (secondary N) is 2. The highest BCUT2D eigenvalue weighted by atomic mass is 16.6. The summed E-state index contributed by atoms with van der Waals surface area (Å²) in [5, 5.41) is 43.8. The maximum absolute atomic E-state index is 16.1. The van der Waals surface area contributed by atoms with Gasteiger partial charge in [-0.3, -0.25) is 9.59 Å². The predicted molar refractivity (Wildman–Crippen MR) is 292 cm³/mol. The Hall–Kier alpha value is -3.08. The molecule has 1 spiro atoms.